The van der Waals surface area contributed by atoms with Gasteiger partial charge in [0.1, 0.15) is 5.75 Å². The Labute approximate surface area is 186 Å². The molecule has 31 heavy (non-hydrogen) atoms. The Morgan fingerprint density at radius 1 is 0.968 bits per heavy atom. The summed E-state index contributed by atoms with van der Waals surface area (Å²) < 4.78 is 5.51. The average molecular weight is 435 g/mol. The van der Waals surface area contributed by atoms with E-state index in [4.69, 9.17) is 16.3 Å². The van der Waals surface area contributed by atoms with Gasteiger partial charge < -0.3 is 25.3 Å². The van der Waals surface area contributed by atoms with Gasteiger partial charge in [-0.25, -0.2) is 0 Å². The predicted octanol–water partition coefficient (Wildman–Crippen LogP) is 4.25. The highest BCUT2D eigenvalue weighted by Crippen LogP contribution is 2.37. The van der Waals surface area contributed by atoms with Gasteiger partial charge in [-0.05, 0) is 72.7 Å². The molecule has 0 bridgehead atoms. The number of H-pyrrole nitrogens is 2. The summed E-state index contributed by atoms with van der Waals surface area (Å²) in [4.78, 5) is 6.96. The Morgan fingerprint density at radius 3 is 2.58 bits per heavy atom. The largest absolute Gasteiger partial charge is 0.497 e. The van der Waals surface area contributed by atoms with Gasteiger partial charge in [-0.1, -0.05) is 11.6 Å². The van der Waals surface area contributed by atoms with E-state index in [-0.39, 0.29) is 0 Å². The number of hydrogen-bond acceptors (Lipinski definition) is 3. The van der Waals surface area contributed by atoms with Crippen LogP contribution in [-0.2, 0) is 32.2 Å². The monoisotopic (exact) mass is 434 g/mol. The quantitative estimate of drug-likeness (QED) is 0.379. The number of halogens is 1. The second-order valence-corrected chi connectivity index (χ2v) is 9.37. The van der Waals surface area contributed by atoms with Crippen LogP contribution in [-0.4, -0.2) is 36.2 Å². The van der Waals surface area contributed by atoms with Crippen molar-refractivity contribution in [2.75, 3.05) is 14.2 Å². The third-order valence-corrected chi connectivity index (χ3v) is 7.50. The number of hydrogen-bond donors (Lipinski definition) is 4. The average Bonchev–Trinajstić information content (AvgIpc) is 3.40. The Hall–Kier alpha value is -2.47. The molecule has 0 aliphatic heterocycles. The topological polar surface area (TPSA) is 64.9 Å². The number of likely N-dealkylation sites (N-methyl/N-ethyl adjacent to an activating group) is 1. The minimum Gasteiger partial charge on any atom is -0.497 e. The fourth-order valence-electron chi connectivity index (χ4n) is 5.63. The minimum atomic E-state index is 0.378. The first-order valence-electron chi connectivity index (χ1n) is 11.0. The molecule has 0 fully saturated rings. The summed E-state index contributed by atoms with van der Waals surface area (Å²) in [6.45, 7) is 0.795. The Balaban J connectivity index is 1.27. The predicted molar refractivity (Wildman–Crippen MR) is 126 cm³/mol. The van der Waals surface area contributed by atoms with E-state index in [2.05, 4.69) is 51.2 Å². The van der Waals surface area contributed by atoms with Crippen LogP contribution in [0.1, 0.15) is 27.8 Å². The van der Waals surface area contributed by atoms with Gasteiger partial charge in [-0.2, -0.15) is 0 Å². The highest BCUT2D eigenvalue weighted by molar-refractivity contribution is 6.32. The van der Waals surface area contributed by atoms with E-state index in [0.29, 0.717) is 12.1 Å². The van der Waals surface area contributed by atoms with Crippen molar-refractivity contribution in [2.24, 2.45) is 0 Å². The molecule has 4 aromatic rings. The molecule has 2 atom stereocenters. The molecular weight excluding hydrogens is 408 g/mol. The van der Waals surface area contributed by atoms with Gasteiger partial charge in [0, 0.05) is 58.4 Å². The van der Waals surface area contributed by atoms with E-state index in [1.54, 1.807) is 7.11 Å². The zero-order chi connectivity index (χ0) is 21.1. The van der Waals surface area contributed by atoms with E-state index in [1.807, 2.05) is 7.05 Å². The summed E-state index contributed by atoms with van der Waals surface area (Å²) in [5.74, 6) is 0.911. The molecule has 5 nitrogen and oxygen atoms in total. The van der Waals surface area contributed by atoms with Gasteiger partial charge in [0.25, 0.3) is 0 Å². The highest BCUT2D eigenvalue weighted by atomic mass is 35.5. The summed E-state index contributed by atoms with van der Waals surface area (Å²) in [6, 6.07) is 7.24. The molecule has 4 N–H and O–H groups in total. The van der Waals surface area contributed by atoms with Gasteiger partial charge in [-0.3, -0.25) is 0 Å². The van der Waals surface area contributed by atoms with Gasteiger partial charge in [-0.15, -0.1) is 0 Å². The van der Waals surface area contributed by atoms with Crippen molar-refractivity contribution in [3.8, 4) is 5.75 Å². The minimum absolute atomic E-state index is 0.378. The number of aromatic nitrogens is 2. The lowest BCUT2D eigenvalue weighted by Crippen LogP contribution is -2.35. The van der Waals surface area contributed by atoms with Crippen LogP contribution >= 0.6 is 11.6 Å². The molecule has 2 aromatic carbocycles. The SMILES string of the molecule is CNC1Cc2c[nH]c3c(CNC4Cc5c[nH]c6cc(OC)cc(c56)C4)cc(Cl)c(c23)C1. The van der Waals surface area contributed by atoms with Crippen LogP contribution in [0.4, 0.5) is 0 Å². The van der Waals surface area contributed by atoms with E-state index >= 15 is 0 Å². The summed E-state index contributed by atoms with van der Waals surface area (Å²) in [5, 5.41) is 10.8. The van der Waals surface area contributed by atoms with Gasteiger partial charge in [0.05, 0.1) is 12.6 Å². The lowest BCUT2D eigenvalue weighted by atomic mass is 9.87. The van der Waals surface area contributed by atoms with Gasteiger partial charge in [0.15, 0.2) is 0 Å². The first-order chi connectivity index (χ1) is 15.1. The van der Waals surface area contributed by atoms with Crippen LogP contribution < -0.4 is 15.4 Å². The molecule has 6 rings (SSSR count). The van der Waals surface area contributed by atoms with Crippen molar-refractivity contribution >= 4 is 33.4 Å². The van der Waals surface area contributed by atoms with E-state index in [0.717, 1.165) is 43.0 Å². The number of nitrogens with one attached hydrogen (secondary N) is 4. The first-order valence-corrected chi connectivity index (χ1v) is 11.4. The molecule has 2 heterocycles. The molecule has 0 amide bonds. The number of aromatic amines is 2. The zero-order valence-electron chi connectivity index (χ0n) is 17.9. The lowest BCUT2D eigenvalue weighted by Gasteiger charge is -2.26. The lowest BCUT2D eigenvalue weighted by molar-refractivity contribution is 0.414. The van der Waals surface area contributed by atoms with Crippen molar-refractivity contribution in [1.29, 1.82) is 0 Å². The molecule has 2 aliphatic rings. The summed E-state index contributed by atoms with van der Waals surface area (Å²) >= 11 is 6.77. The molecule has 0 saturated heterocycles. The normalized spacial score (nSPS) is 20.0. The second kappa shape index (κ2) is 7.30. The van der Waals surface area contributed by atoms with Crippen molar-refractivity contribution in [1.82, 2.24) is 20.6 Å². The molecule has 0 spiro atoms. The Kier molecular flexibility index (Phi) is 4.53. The smallest absolute Gasteiger partial charge is 0.121 e. The third-order valence-electron chi connectivity index (χ3n) is 7.17. The molecule has 2 aliphatic carbocycles. The van der Waals surface area contributed by atoms with Gasteiger partial charge in [0.2, 0.25) is 0 Å². The van der Waals surface area contributed by atoms with Crippen LogP contribution in [0.3, 0.4) is 0 Å². The molecule has 6 heteroatoms. The standard InChI is InChI=1S/C25H27ClN4O/c1-27-17-4-15-11-30-25-16(7-21(26)20(8-17)24(15)25)12-28-18-3-13-6-19(31-2)9-22-23(13)14(5-18)10-29-22/h6-7,9-11,17-18,27-30H,3-5,8,12H2,1-2H3. The highest BCUT2D eigenvalue weighted by Gasteiger charge is 2.26. The fraction of sp³-hybridized carbons (Fsp3) is 0.360. The van der Waals surface area contributed by atoms with Crippen LogP contribution in [0.25, 0.3) is 21.8 Å². The van der Waals surface area contributed by atoms with Crippen LogP contribution in [0.15, 0.2) is 30.6 Å². The number of rotatable bonds is 5. The molecule has 160 valence electrons. The number of methoxy groups -OCH3 is 1. The van der Waals surface area contributed by atoms with Crippen LogP contribution in [0.2, 0.25) is 5.02 Å². The number of benzene rings is 2. The maximum atomic E-state index is 6.77. The van der Waals surface area contributed by atoms with Crippen LogP contribution in [0, 0.1) is 0 Å². The Bertz CT molecular complexity index is 1300. The van der Waals surface area contributed by atoms with Crippen molar-refractivity contribution in [2.45, 2.75) is 44.3 Å². The van der Waals surface area contributed by atoms with E-state index < -0.39 is 0 Å². The zero-order valence-corrected chi connectivity index (χ0v) is 18.6. The van der Waals surface area contributed by atoms with E-state index in [1.165, 1.54) is 49.6 Å². The molecule has 2 unspecified atom stereocenters. The van der Waals surface area contributed by atoms with Gasteiger partial charge >= 0.3 is 0 Å². The van der Waals surface area contributed by atoms with E-state index in [9.17, 15) is 0 Å². The molecule has 0 radical (unpaired) electrons. The number of ether oxygens (including phenoxy) is 1. The summed E-state index contributed by atoms with van der Waals surface area (Å²) in [5.41, 5.74) is 9.02. The first kappa shape index (κ1) is 19.2. The molecular formula is C25H27ClN4O. The van der Waals surface area contributed by atoms with Crippen LogP contribution in [0.5, 0.6) is 5.75 Å². The third kappa shape index (κ3) is 3.06. The maximum absolute atomic E-state index is 6.77. The Morgan fingerprint density at radius 2 is 1.74 bits per heavy atom. The van der Waals surface area contributed by atoms with Crippen molar-refractivity contribution in [3.63, 3.8) is 0 Å². The second-order valence-electron chi connectivity index (χ2n) is 8.96. The maximum Gasteiger partial charge on any atom is 0.121 e. The summed E-state index contributed by atoms with van der Waals surface area (Å²) in [6.07, 6.45) is 8.35. The fourth-order valence-corrected chi connectivity index (χ4v) is 5.93. The molecule has 0 saturated carbocycles. The van der Waals surface area contributed by atoms with Crippen molar-refractivity contribution < 1.29 is 4.74 Å². The molecule has 2 aromatic heterocycles. The summed E-state index contributed by atoms with van der Waals surface area (Å²) in [7, 11) is 3.76. The van der Waals surface area contributed by atoms with Crippen molar-refractivity contribution in [3.05, 3.63) is 63.4 Å².